The van der Waals surface area contributed by atoms with E-state index in [0.29, 0.717) is 25.3 Å². The van der Waals surface area contributed by atoms with Crippen molar-refractivity contribution >= 4 is 15.7 Å². The molecule has 0 aliphatic rings. The van der Waals surface area contributed by atoms with Gasteiger partial charge in [0.1, 0.15) is 0 Å². The van der Waals surface area contributed by atoms with Crippen molar-refractivity contribution in [2.45, 2.75) is 18.2 Å². The number of nitrogens with zero attached hydrogens (tertiary/aromatic N) is 2. The topological polar surface area (TPSA) is 66.6 Å². The number of nitrogens with two attached hydrogens (primary N) is 1. The molecule has 0 heterocycles. The molecule has 0 aliphatic heterocycles. The average molecular weight is 285 g/mol. The molecular formula is C13H23N3O2S. The largest absolute Gasteiger partial charge is 0.399 e. The predicted octanol–water partition coefficient (Wildman–Crippen LogP) is 1.23. The van der Waals surface area contributed by atoms with Gasteiger partial charge in [0, 0.05) is 25.3 Å². The van der Waals surface area contributed by atoms with E-state index in [9.17, 15) is 8.42 Å². The lowest BCUT2D eigenvalue weighted by Crippen LogP contribution is -2.37. The van der Waals surface area contributed by atoms with E-state index in [1.807, 2.05) is 25.9 Å². The van der Waals surface area contributed by atoms with E-state index >= 15 is 0 Å². The van der Waals surface area contributed by atoms with E-state index in [4.69, 9.17) is 5.73 Å². The second kappa shape index (κ2) is 6.88. The molecule has 19 heavy (non-hydrogen) atoms. The van der Waals surface area contributed by atoms with E-state index < -0.39 is 10.0 Å². The summed E-state index contributed by atoms with van der Waals surface area (Å²) in [5, 5.41) is 0. The van der Waals surface area contributed by atoms with Crippen molar-refractivity contribution in [2.24, 2.45) is 0 Å². The number of sulfonamides is 1. The van der Waals surface area contributed by atoms with Crippen LogP contribution in [0.25, 0.3) is 0 Å². The lowest BCUT2D eigenvalue weighted by molar-refractivity contribution is 0.333. The van der Waals surface area contributed by atoms with Gasteiger partial charge in [-0.3, -0.25) is 0 Å². The maximum Gasteiger partial charge on any atom is 0.243 e. The van der Waals surface area contributed by atoms with Crippen LogP contribution in [0.2, 0.25) is 0 Å². The van der Waals surface area contributed by atoms with Crippen LogP contribution in [-0.4, -0.2) is 51.4 Å². The van der Waals surface area contributed by atoms with Gasteiger partial charge in [-0.2, -0.15) is 4.31 Å². The smallest absolute Gasteiger partial charge is 0.243 e. The number of rotatable bonds is 7. The number of hydrogen-bond donors (Lipinski definition) is 1. The van der Waals surface area contributed by atoms with Crippen molar-refractivity contribution in [3.63, 3.8) is 0 Å². The first-order valence-corrected chi connectivity index (χ1v) is 7.82. The van der Waals surface area contributed by atoms with Crippen LogP contribution in [0.1, 0.15) is 13.3 Å². The van der Waals surface area contributed by atoms with Gasteiger partial charge in [-0.1, -0.05) is 13.0 Å². The van der Waals surface area contributed by atoms with Gasteiger partial charge < -0.3 is 10.6 Å². The third kappa shape index (κ3) is 4.49. The molecule has 0 unspecified atom stereocenters. The third-order valence-corrected chi connectivity index (χ3v) is 4.66. The number of nitrogen functional groups attached to an aromatic ring is 1. The van der Waals surface area contributed by atoms with Gasteiger partial charge in [0.2, 0.25) is 10.0 Å². The molecule has 1 aromatic rings. The van der Waals surface area contributed by atoms with Crippen LogP contribution < -0.4 is 5.73 Å². The van der Waals surface area contributed by atoms with Crippen LogP contribution in [0.5, 0.6) is 0 Å². The fraction of sp³-hybridized carbons (Fsp3) is 0.538. The molecule has 1 rings (SSSR count). The summed E-state index contributed by atoms with van der Waals surface area (Å²) >= 11 is 0. The molecule has 1 aromatic carbocycles. The Morgan fingerprint density at radius 2 is 1.84 bits per heavy atom. The van der Waals surface area contributed by atoms with Crippen molar-refractivity contribution in [1.82, 2.24) is 9.21 Å². The molecule has 108 valence electrons. The zero-order valence-corrected chi connectivity index (χ0v) is 12.7. The van der Waals surface area contributed by atoms with Gasteiger partial charge in [-0.05, 0) is 38.7 Å². The first-order valence-electron chi connectivity index (χ1n) is 6.38. The van der Waals surface area contributed by atoms with Crippen LogP contribution >= 0.6 is 0 Å². The predicted molar refractivity (Wildman–Crippen MR) is 78.5 cm³/mol. The molecule has 0 atom stereocenters. The van der Waals surface area contributed by atoms with Gasteiger partial charge in [0.25, 0.3) is 0 Å². The van der Waals surface area contributed by atoms with Crippen LogP contribution in [0, 0.1) is 0 Å². The monoisotopic (exact) mass is 285 g/mol. The Hall–Kier alpha value is -1.11. The fourth-order valence-corrected chi connectivity index (χ4v) is 3.32. The van der Waals surface area contributed by atoms with E-state index in [2.05, 4.69) is 0 Å². The molecule has 0 saturated carbocycles. The average Bonchev–Trinajstić information content (AvgIpc) is 2.34. The zero-order valence-electron chi connectivity index (χ0n) is 11.8. The highest BCUT2D eigenvalue weighted by atomic mass is 32.2. The van der Waals surface area contributed by atoms with Gasteiger partial charge >= 0.3 is 0 Å². The molecule has 0 amide bonds. The van der Waals surface area contributed by atoms with Crippen molar-refractivity contribution in [1.29, 1.82) is 0 Å². The summed E-state index contributed by atoms with van der Waals surface area (Å²) in [7, 11) is 0.401. The van der Waals surface area contributed by atoms with Gasteiger partial charge in [0.15, 0.2) is 0 Å². The summed E-state index contributed by atoms with van der Waals surface area (Å²) in [5.74, 6) is 0. The maximum atomic E-state index is 12.5. The minimum Gasteiger partial charge on any atom is -0.399 e. The minimum absolute atomic E-state index is 0.264. The maximum absolute atomic E-state index is 12.5. The second-order valence-corrected chi connectivity index (χ2v) is 6.72. The first kappa shape index (κ1) is 15.9. The van der Waals surface area contributed by atoms with Crippen molar-refractivity contribution in [3.05, 3.63) is 24.3 Å². The highest BCUT2D eigenvalue weighted by Crippen LogP contribution is 2.18. The van der Waals surface area contributed by atoms with Crippen molar-refractivity contribution < 1.29 is 8.42 Å². The van der Waals surface area contributed by atoms with E-state index in [1.165, 1.54) is 10.4 Å². The van der Waals surface area contributed by atoms with E-state index in [0.717, 1.165) is 6.42 Å². The standard InChI is InChI=1S/C13H23N3O2S/c1-4-8-16(10-9-15(2)3)19(17,18)13-7-5-6-12(14)11-13/h5-7,11H,4,8-10,14H2,1-3H3. The summed E-state index contributed by atoms with van der Waals surface area (Å²) in [6.07, 6.45) is 0.787. The minimum atomic E-state index is -3.45. The Morgan fingerprint density at radius 1 is 1.16 bits per heavy atom. The van der Waals surface area contributed by atoms with Crippen LogP contribution in [0.3, 0.4) is 0 Å². The molecule has 5 nitrogen and oxygen atoms in total. The van der Waals surface area contributed by atoms with E-state index in [1.54, 1.807) is 18.2 Å². The molecule has 0 saturated heterocycles. The van der Waals surface area contributed by atoms with Gasteiger partial charge in [-0.15, -0.1) is 0 Å². The van der Waals surface area contributed by atoms with Gasteiger partial charge in [0.05, 0.1) is 4.90 Å². The third-order valence-electron chi connectivity index (χ3n) is 2.77. The summed E-state index contributed by atoms with van der Waals surface area (Å²) in [6.45, 7) is 3.67. The Morgan fingerprint density at radius 3 is 2.37 bits per heavy atom. The summed E-state index contributed by atoms with van der Waals surface area (Å²) in [5.41, 5.74) is 6.12. The normalized spacial score (nSPS) is 12.3. The zero-order chi connectivity index (χ0) is 14.5. The first-order chi connectivity index (χ1) is 8.87. The van der Waals surface area contributed by atoms with Crippen LogP contribution in [0.4, 0.5) is 5.69 Å². The quantitative estimate of drug-likeness (QED) is 0.765. The van der Waals surface area contributed by atoms with Crippen molar-refractivity contribution in [3.8, 4) is 0 Å². The van der Waals surface area contributed by atoms with Crippen LogP contribution in [0.15, 0.2) is 29.2 Å². The summed E-state index contributed by atoms with van der Waals surface area (Å²) in [4.78, 5) is 2.23. The van der Waals surface area contributed by atoms with Crippen molar-refractivity contribution in [2.75, 3.05) is 39.5 Å². The molecule has 0 aliphatic carbocycles. The molecule has 0 bridgehead atoms. The number of anilines is 1. The van der Waals surface area contributed by atoms with E-state index in [-0.39, 0.29) is 4.90 Å². The molecule has 0 aromatic heterocycles. The number of benzene rings is 1. The lowest BCUT2D eigenvalue weighted by Gasteiger charge is -2.23. The number of hydrogen-bond acceptors (Lipinski definition) is 4. The molecule has 0 radical (unpaired) electrons. The molecular weight excluding hydrogens is 262 g/mol. The SMILES string of the molecule is CCCN(CCN(C)C)S(=O)(=O)c1cccc(N)c1. The Labute approximate surface area is 116 Å². The Balaban J connectivity index is 2.98. The summed E-state index contributed by atoms with van der Waals surface area (Å²) in [6, 6.07) is 6.44. The van der Waals surface area contributed by atoms with Gasteiger partial charge in [-0.25, -0.2) is 8.42 Å². The highest BCUT2D eigenvalue weighted by molar-refractivity contribution is 7.89. The molecule has 2 N–H and O–H groups in total. The molecule has 6 heteroatoms. The fourth-order valence-electron chi connectivity index (χ4n) is 1.74. The van der Waals surface area contributed by atoms with Crippen LogP contribution in [-0.2, 0) is 10.0 Å². The highest BCUT2D eigenvalue weighted by Gasteiger charge is 2.23. The summed E-state index contributed by atoms with van der Waals surface area (Å²) < 4.78 is 26.6. The number of likely N-dealkylation sites (N-methyl/N-ethyl adjacent to an activating group) is 1. The second-order valence-electron chi connectivity index (χ2n) is 4.78. The Bertz CT molecular complexity index is 500. The molecule has 0 spiro atoms. The lowest BCUT2D eigenvalue weighted by atomic mass is 10.3. The molecule has 0 fully saturated rings. The Kier molecular flexibility index (Phi) is 5.78.